The van der Waals surface area contributed by atoms with Gasteiger partial charge in [-0.3, -0.25) is 0 Å². The molecule has 1 aromatic heterocycles. The number of nitrogens with one attached hydrogen (secondary N) is 2. The summed E-state index contributed by atoms with van der Waals surface area (Å²) in [6.45, 7) is 2.07. The Morgan fingerprint density at radius 2 is 1.86 bits per heavy atom. The first-order valence-corrected chi connectivity index (χ1v) is 8.12. The van der Waals surface area contributed by atoms with E-state index >= 15 is 0 Å². The Bertz CT molecular complexity index is 623. The normalized spacial score (nSPS) is 15.1. The summed E-state index contributed by atoms with van der Waals surface area (Å²) in [6.07, 6.45) is 6.69. The van der Waals surface area contributed by atoms with Crippen molar-refractivity contribution >= 4 is 33.3 Å². The molecule has 2 N–H and O–H groups in total. The standard InChI is InChI=1S/C16H19BrN4/c1-11-6-7-13(8-14(11)17)21-16-9-15(18-10-19-16)20-12-4-2-3-5-12/h6-10,12H,2-5H2,1H3,(H2,18,19,20,21). The molecule has 1 saturated carbocycles. The summed E-state index contributed by atoms with van der Waals surface area (Å²) in [5, 5.41) is 6.80. The van der Waals surface area contributed by atoms with E-state index in [-0.39, 0.29) is 0 Å². The number of rotatable bonds is 4. The Kier molecular flexibility index (Phi) is 4.39. The Morgan fingerprint density at radius 1 is 1.10 bits per heavy atom. The molecule has 0 bridgehead atoms. The van der Waals surface area contributed by atoms with Crippen molar-refractivity contribution in [1.82, 2.24) is 9.97 Å². The lowest BCUT2D eigenvalue weighted by Gasteiger charge is -2.13. The van der Waals surface area contributed by atoms with Crippen LogP contribution in [0, 0.1) is 6.92 Å². The molecule has 0 aliphatic heterocycles. The van der Waals surface area contributed by atoms with Crippen LogP contribution in [-0.2, 0) is 0 Å². The lowest BCUT2D eigenvalue weighted by molar-refractivity contribution is 0.750. The molecule has 0 saturated heterocycles. The van der Waals surface area contributed by atoms with E-state index in [0.717, 1.165) is 21.8 Å². The molecule has 1 aliphatic rings. The zero-order chi connectivity index (χ0) is 14.7. The van der Waals surface area contributed by atoms with Gasteiger partial charge in [0.1, 0.15) is 18.0 Å². The summed E-state index contributed by atoms with van der Waals surface area (Å²) in [7, 11) is 0. The number of halogens is 1. The largest absolute Gasteiger partial charge is 0.367 e. The third kappa shape index (κ3) is 3.73. The van der Waals surface area contributed by atoms with E-state index in [2.05, 4.69) is 55.6 Å². The van der Waals surface area contributed by atoms with Crippen LogP contribution < -0.4 is 10.6 Å². The molecular formula is C16H19BrN4. The zero-order valence-electron chi connectivity index (χ0n) is 12.1. The molecule has 0 unspecified atom stereocenters. The second-order valence-electron chi connectivity index (χ2n) is 5.50. The highest BCUT2D eigenvalue weighted by atomic mass is 79.9. The van der Waals surface area contributed by atoms with Crippen molar-refractivity contribution < 1.29 is 0 Å². The summed E-state index contributed by atoms with van der Waals surface area (Å²) >= 11 is 3.55. The van der Waals surface area contributed by atoms with Crippen LogP contribution in [0.4, 0.5) is 17.3 Å². The van der Waals surface area contributed by atoms with E-state index in [1.807, 2.05) is 12.1 Å². The van der Waals surface area contributed by atoms with Crippen LogP contribution in [0.1, 0.15) is 31.2 Å². The van der Waals surface area contributed by atoms with Gasteiger partial charge in [-0.1, -0.05) is 34.8 Å². The summed E-state index contributed by atoms with van der Waals surface area (Å²) in [5.74, 6) is 1.70. The highest BCUT2D eigenvalue weighted by Crippen LogP contribution is 2.25. The van der Waals surface area contributed by atoms with E-state index in [1.54, 1.807) is 6.33 Å². The molecule has 1 aromatic carbocycles. The van der Waals surface area contributed by atoms with Gasteiger partial charge in [-0.05, 0) is 37.5 Å². The minimum Gasteiger partial charge on any atom is -0.367 e. The Morgan fingerprint density at radius 3 is 2.62 bits per heavy atom. The van der Waals surface area contributed by atoms with Crippen LogP contribution in [0.5, 0.6) is 0 Å². The Balaban J connectivity index is 1.71. The number of hydrogen-bond acceptors (Lipinski definition) is 4. The van der Waals surface area contributed by atoms with Crippen molar-refractivity contribution in [3.05, 3.63) is 40.6 Å². The van der Waals surface area contributed by atoms with Crippen LogP contribution in [0.3, 0.4) is 0 Å². The maximum Gasteiger partial charge on any atom is 0.135 e. The lowest BCUT2D eigenvalue weighted by Crippen LogP contribution is -2.15. The highest BCUT2D eigenvalue weighted by molar-refractivity contribution is 9.10. The third-order valence-electron chi connectivity index (χ3n) is 3.82. The van der Waals surface area contributed by atoms with Gasteiger partial charge in [0.15, 0.2) is 0 Å². The molecule has 21 heavy (non-hydrogen) atoms. The van der Waals surface area contributed by atoms with Crippen molar-refractivity contribution in [1.29, 1.82) is 0 Å². The average molecular weight is 347 g/mol. The molecule has 4 nitrogen and oxygen atoms in total. The van der Waals surface area contributed by atoms with Gasteiger partial charge in [0.2, 0.25) is 0 Å². The first-order chi connectivity index (χ1) is 10.2. The van der Waals surface area contributed by atoms with Crippen molar-refractivity contribution in [3.63, 3.8) is 0 Å². The van der Waals surface area contributed by atoms with E-state index in [9.17, 15) is 0 Å². The molecule has 0 amide bonds. The van der Waals surface area contributed by atoms with Gasteiger partial charge in [0.25, 0.3) is 0 Å². The van der Waals surface area contributed by atoms with E-state index in [1.165, 1.54) is 31.2 Å². The number of benzene rings is 1. The minimum absolute atomic E-state index is 0.557. The lowest BCUT2D eigenvalue weighted by atomic mass is 10.2. The van der Waals surface area contributed by atoms with Gasteiger partial charge in [-0.15, -0.1) is 0 Å². The van der Waals surface area contributed by atoms with E-state index < -0.39 is 0 Å². The molecule has 1 fully saturated rings. The molecular weight excluding hydrogens is 328 g/mol. The summed E-state index contributed by atoms with van der Waals surface area (Å²) in [4.78, 5) is 8.59. The SMILES string of the molecule is Cc1ccc(Nc2cc(NC3CCCC3)ncn2)cc1Br. The zero-order valence-corrected chi connectivity index (χ0v) is 13.7. The van der Waals surface area contributed by atoms with Crippen LogP contribution in [-0.4, -0.2) is 16.0 Å². The van der Waals surface area contributed by atoms with E-state index in [0.29, 0.717) is 6.04 Å². The van der Waals surface area contributed by atoms with E-state index in [4.69, 9.17) is 0 Å². The third-order valence-corrected chi connectivity index (χ3v) is 4.67. The molecule has 1 heterocycles. The van der Waals surface area contributed by atoms with Crippen LogP contribution in [0.15, 0.2) is 35.1 Å². The summed E-state index contributed by atoms with van der Waals surface area (Å²) < 4.78 is 1.09. The van der Waals surface area contributed by atoms with Gasteiger partial charge in [-0.25, -0.2) is 9.97 Å². The summed E-state index contributed by atoms with van der Waals surface area (Å²) in [5.41, 5.74) is 2.23. The highest BCUT2D eigenvalue weighted by Gasteiger charge is 2.15. The van der Waals surface area contributed by atoms with Gasteiger partial charge in [0, 0.05) is 22.3 Å². The quantitative estimate of drug-likeness (QED) is 0.846. The topological polar surface area (TPSA) is 49.8 Å². The molecule has 0 atom stereocenters. The van der Waals surface area contributed by atoms with Crippen molar-refractivity contribution in [2.75, 3.05) is 10.6 Å². The van der Waals surface area contributed by atoms with Gasteiger partial charge < -0.3 is 10.6 Å². The number of nitrogens with zero attached hydrogens (tertiary/aromatic N) is 2. The number of anilines is 3. The maximum atomic E-state index is 4.30. The monoisotopic (exact) mass is 346 g/mol. The molecule has 0 radical (unpaired) electrons. The predicted molar refractivity (Wildman–Crippen MR) is 90.1 cm³/mol. The smallest absolute Gasteiger partial charge is 0.135 e. The predicted octanol–water partition coefficient (Wildman–Crippen LogP) is 4.65. The van der Waals surface area contributed by atoms with Crippen LogP contribution in [0.2, 0.25) is 0 Å². The van der Waals surface area contributed by atoms with Gasteiger partial charge in [0.05, 0.1) is 0 Å². The molecule has 3 rings (SSSR count). The fraction of sp³-hybridized carbons (Fsp3) is 0.375. The maximum absolute atomic E-state index is 4.30. The minimum atomic E-state index is 0.557. The van der Waals surface area contributed by atoms with Crippen molar-refractivity contribution in [2.45, 2.75) is 38.6 Å². The second kappa shape index (κ2) is 6.43. The summed E-state index contributed by atoms with van der Waals surface area (Å²) in [6, 6.07) is 8.70. The Hall–Kier alpha value is -1.62. The van der Waals surface area contributed by atoms with Crippen LogP contribution >= 0.6 is 15.9 Å². The van der Waals surface area contributed by atoms with Gasteiger partial charge in [-0.2, -0.15) is 0 Å². The average Bonchev–Trinajstić information content (AvgIpc) is 2.96. The fourth-order valence-electron chi connectivity index (χ4n) is 2.60. The number of hydrogen-bond donors (Lipinski definition) is 2. The molecule has 2 aromatic rings. The molecule has 110 valence electrons. The first kappa shape index (κ1) is 14.3. The Labute approximate surface area is 133 Å². The number of aryl methyl sites for hydroxylation is 1. The molecule has 1 aliphatic carbocycles. The van der Waals surface area contributed by atoms with Crippen molar-refractivity contribution in [2.24, 2.45) is 0 Å². The first-order valence-electron chi connectivity index (χ1n) is 7.32. The van der Waals surface area contributed by atoms with Crippen LogP contribution in [0.25, 0.3) is 0 Å². The van der Waals surface area contributed by atoms with Gasteiger partial charge >= 0.3 is 0 Å². The fourth-order valence-corrected chi connectivity index (χ4v) is 2.98. The molecule has 0 spiro atoms. The number of aromatic nitrogens is 2. The molecule has 5 heteroatoms. The second-order valence-corrected chi connectivity index (χ2v) is 6.36. The van der Waals surface area contributed by atoms with Crippen molar-refractivity contribution in [3.8, 4) is 0 Å².